The van der Waals surface area contributed by atoms with Crippen LogP contribution in [0, 0.1) is 17.1 Å². The molecule has 1 aromatic rings. The normalized spacial score (nSPS) is 10.2. The van der Waals surface area contributed by atoms with Crippen molar-refractivity contribution in [2.75, 3.05) is 11.9 Å². The third-order valence-corrected chi connectivity index (χ3v) is 2.28. The number of anilines is 1. The Balaban J connectivity index is 2.57. The number of amides is 1. The van der Waals surface area contributed by atoms with Gasteiger partial charge >= 0.3 is 0 Å². The lowest BCUT2D eigenvalue weighted by atomic mass is 10.2. The molecule has 0 saturated heterocycles. The highest BCUT2D eigenvalue weighted by Crippen LogP contribution is 2.15. The predicted octanol–water partition coefficient (Wildman–Crippen LogP) is 2.02. The van der Waals surface area contributed by atoms with Gasteiger partial charge in [-0.25, -0.2) is 4.39 Å². The first-order chi connectivity index (χ1) is 8.52. The Morgan fingerprint density at radius 1 is 1.50 bits per heavy atom. The Bertz CT molecular complexity index is 466. The van der Waals surface area contributed by atoms with Crippen LogP contribution in [-0.2, 0) is 4.79 Å². The lowest BCUT2D eigenvalue weighted by molar-refractivity contribution is -0.116. The summed E-state index contributed by atoms with van der Waals surface area (Å²) in [5.74, 6) is -0.697. The maximum absolute atomic E-state index is 12.9. The van der Waals surface area contributed by atoms with Crippen LogP contribution in [0.2, 0.25) is 0 Å². The van der Waals surface area contributed by atoms with E-state index in [0.717, 1.165) is 6.07 Å². The van der Waals surface area contributed by atoms with Crippen LogP contribution in [0.25, 0.3) is 0 Å². The fraction of sp³-hybridized carbons (Fsp3) is 0.385. The van der Waals surface area contributed by atoms with Gasteiger partial charge in [0, 0.05) is 19.0 Å². The summed E-state index contributed by atoms with van der Waals surface area (Å²) in [6, 6.07) is 5.86. The maximum Gasteiger partial charge on any atom is 0.225 e. The number of carbonyl (C=O) groups excluding carboxylic acids is 1. The Kier molecular flexibility index (Phi) is 5.28. The van der Waals surface area contributed by atoms with Gasteiger partial charge in [-0.3, -0.25) is 4.79 Å². The third kappa shape index (κ3) is 4.52. The van der Waals surface area contributed by atoms with Gasteiger partial charge in [0.2, 0.25) is 5.91 Å². The molecule has 0 bridgehead atoms. The van der Waals surface area contributed by atoms with E-state index in [-0.39, 0.29) is 11.5 Å². The van der Waals surface area contributed by atoms with Crippen molar-refractivity contribution in [3.63, 3.8) is 0 Å². The summed E-state index contributed by atoms with van der Waals surface area (Å²) in [7, 11) is 0. The van der Waals surface area contributed by atoms with E-state index < -0.39 is 5.82 Å². The quantitative estimate of drug-likeness (QED) is 0.839. The van der Waals surface area contributed by atoms with E-state index in [2.05, 4.69) is 10.6 Å². The highest BCUT2D eigenvalue weighted by Gasteiger charge is 2.07. The van der Waals surface area contributed by atoms with Gasteiger partial charge < -0.3 is 10.6 Å². The van der Waals surface area contributed by atoms with Gasteiger partial charge in [0.05, 0.1) is 11.3 Å². The number of hydrogen-bond donors (Lipinski definition) is 2. The number of nitriles is 1. The molecule has 18 heavy (non-hydrogen) atoms. The Morgan fingerprint density at radius 3 is 2.83 bits per heavy atom. The van der Waals surface area contributed by atoms with Gasteiger partial charge in [0.25, 0.3) is 0 Å². The van der Waals surface area contributed by atoms with Crippen LogP contribution in [0.1, 0.15) is 25.8 Å². The van der Waals surface area contributed by atoms with Gasteiger partial charge in [-0.1, -0.05) is 13.8 Å². The van der Waals surface area contributed by atoms with E-state index >= 15 is 0 Å². The topological polar surface area (TPSA) is 64.9 Å². The van der Waals surface area contributed by atoms with Crippen molar-refractivity contribution in [2.45, 2.75) is 26.3 Å². The molecule has 0 aliphatic rings. The average Bonchev–Trinajstić information content (AvgIpc) is 2.31. The second kappa shape index (κ2) is 6.72. The molecule has 0 aromatic heterocycles. The molecule has 0 heterocycles. The van der Waals surface area contributed by atoms with E-state index in [1.807, 2.05) is 19.9 Å². The lowest BCUT2D eigenvalue weighted by Crippen LogP contribution is -2.27. The third-order valence-electron chi connectivity index (χ3n) is 2.28. The first-order valence-corrected chi connectivity index (χ1v) is 5.76. The van der Waals surface area contributed by atoms with Crippen molar-refractivity contribution in [1.82, 2.24) is 5.32 Å². The Morgan fingerprint density at radius 2 is 2.22 bits per heavy atom. The number of nitrogens with one attached hydrogen (secondary N) is 2. The van der Waals surface area contributed by atoms with Gasteiger partial charge in [0.1, 0.15) is 11.9 Å². The van der Waals surface area contributed by atoms with E-state index in [0.29, 0.717) is 24.7 Å². The van der Waals surface area contributed by atoms with E-state index in [9.17, 15) is 9.18 Å². The minimum Gasteiger partial charge on any atom is -0.325 e. The van der Waals surface area contributed by atoms with Gasteiger partial charge in [-0.2, -0.15) is 5.26 Å². The summed E-state index contributed by atoms with van der Waals surface area (Å²) in [5, 5.41) is 14.5. The number of carbonyl (C=O) groups is 1. The SMILES string of the molecule is CC(C)NCCC(=O)Nc1ccc(F)cc1C#N. The molecule has 0 saturated carbocycles. The number of benzene rings is 1. The molecule has 96 valence electrons. The molecule has 4 nitrogen and oxygen atoms in total. The largest absolute Gasteiger partial charge is 0.325 e. The highest BCUT2D eigenvalue weighted by molar-refractivity contribution is 5.92. The molecular weight excluding hydrogens is 233 g/mol. The van der Waals surface area contributed by atoms with Crippen molar-refractivity contribution in [2.24, 2.45) is 0 Å². The molecule has 1 amide bonds. The second-order valence-electron chi connectivity index (χ2n) is 4.21. The molecule has 5 heteroatoms. The summed E-state index contributed by atoms with van der Waals surface area (Å²) < 4.78 is 12.9. The van der Waals surface area contributed by atoms with Crippen LogP contribution in [0.4, 0.5) is 10.1 Å². The zero-order valence-corrected chi connectivity index (χ0v) is 10.5. The first-order valence-electron chi connectivity index (χ1n) is 5.76. The van der Waals surface area contributed by atoms with Crippen LogP contribution < -0.4 is 10.6 Å². The maximum atomic E-state index is 12.9. The smallest absolute Gasteiger partial charge is 0.225 e. The average molecular weight is 249 g/mol. The summed E-state index contributed by atoms with van der Waals surface area (Å²) in [5.41, 5.74) is 0.466. The number of halogens is 1. The van der Waals surface area contributed by atoms with Gasteiger partial charge in [-0.15, -0.1) is 0 Å². The molecule has 2 N–H and O–H groups in total. The van der Waals surface area contributed by atoms with Crippen LogP contribution in [0.15, 0.2) is 18.2 Å². The summed E-state index contributed by atoms with van der Waals surface area (Å²) >= 11 is 0. The van der Waals surface area contributed by atoms with Crippen molar-refractivity contribution < 1.29 is 9.18 Å². The van der Waals surface area contributed by atoms with E-state index in [1.54, 1.807) is 0 Å². The number of rotatable bonds is 5. The minimum absolute atomic E-state index is 0.125. The van der Waals surface area contributed by atoms with E-state index in [4.69, 9.17) is 5.26 Å². The molecule has 0 aliphatic carbocycles. The zero-order chi connectivity index (χ0) is 13.5. The molecular formula is C13H16FN3O. The van der Waals surface area contributed by atoms with Gasteiger partial charge in [0.15, 0.2) is 0 Å². The summed E-state index contributed by atoms with van der Waals surface area (Å²) in [6.07, 6.45) is 0.306. The van der Waals surface area contributed by atoms with Crippen LogP contribution in [0.3, 0.4) is 0 Å². The number of hydrogen-bond acceptors (Lipinski definition) is 3. The Hall–Kier alpha value is -1.93. The molecule has 1 aromatic carbocycles. The van der Waals surface area contributed by atoms with E-state index in [1.165, 1.54) is 12.1 Å². The van der Waals surface area contributed by atoms with Crippen LogP contribution in [-0.4, -0.2) is 18.5 Å². The fourth-order valence-electron chi connectivity index (χ4n) is 1.41. The van der Waals surface area contributed by atoms with Crippen LogP contribution >= 0.6 is 0 Å². The van der Waals surface area contributed by atoms with Crippen molar-refractivity contribution in [1.29, 1.82) is 5.26 Å². The summed E-state index contributed by atoms with van der Waals surface area (Å²) in [6.45, 7) is 4.55. The summed E-state index contributed by atoms with van der Waals surface area (Å²) in [4.78, 5) is 11.6. The first kappa shape index (κ1) is 14.1. The molecule has 0 spiro atoms. The van der Waals surface area contributed by atoms with Crippen molar-refractivity contribution >= 4 is 11.6 Å². The predicted molar refractivity (Wildman–Crippen MR) is 67.5 cm³/mol. The molecule has 0 atom stereocenters. The lowest BCUT2D eigenvalue weighted by Gasteiger charge is -2.09. The molecule has 0 radical (unpaired) electrons. The standard InChI is InChI=1S/C13H16FN3O/c1-9(2)16-6-5-13(18)17-12-4-3-11(14)7-10(12)8-15/h3-4,7,9,16H,5-6H2,1-2H3,(H,17,18). The zero-order valence-electron chi connectivity index (χ0n) is 10.5. The second-order valence-corrected chi connectivity index (χ2v) is 4.21. The monoisotopic (exact) mass is 249 g/mol. The van der Waals surface area contributed by atoms with Crippen molar-refractivity contribution in [3.8, 4) is 6.07 Å². The highest BCUT2D eigenvalue weighted by atomic mass is 19.1. The molecule has 1 rings (SSSR count). The van der Waals surface area contributed by atoms with Crippen molar-refractivity contribution in [3.05, 3.63) is 29.6 Å². The molecule has 0 unspecified atom stereocenters. The van der Waals surface area contributed by atoms with Crippen LogP contribution in [0.5, 0.6) is 0 Å². The Labute approximate surface area is 106 Å². The number of nitrogens with zero attached hydrogens (tertiary/aromatic N) is 1. The molecule has 0 fully saturated rings. The minimum atomic E-state index is -0.494. The molecule has 0 aliphatic heterocycles. The fourth-order valence-corrected chi connectivity index (χ4v) is 1.41. The van der Waals surface area contributed by atoms with Gasteiger partial charge in [-0.05, 0) is 18.2 Å².